The van der Waals surface area contributed by atoms with Crippen LogP contribution in [0.4, 0.5) is 8.78 Å². The highest BCUT2D eigenvalue weighted by Crippen LogP contribution is 2.25. The lowest BCUT2D eigenvalue weighted by Gasteiger charge is -2.12. The van der Waals surface area contributed by atoms with Gasteiger partial charge in [0.05, 0.1) is 0 Å². The Morgan fingerprint density at radius 3 is 2.70 bits per heavy atom. The van der Waals surface area contributed by atoms with E-state index in [0.29, 0.717) is 6.42 Å². The summed E-state index contributed by atoms with van der Waals surface area (Å²) in [5.74, 6) is -0.598. The zero-order valence-corrected chi connectivity index (χ0v) is 6.81. The number of halogens is 3. The number of allylic oxidation sites excluding steroid dienone is 4. The molecule has 56 valence electrons. The smallest absolute Gasteiger partial charge is 0.210 e. The van der Waals surface area contributed by atoms with E-state index in [1.807, 2.05) is 0 Å². The minimum absolute atomic E-state index is 0.451. The van der Waals surface area contributed by atoms with E-state index >= 15 is 0 Å². The third-order valence-corrected chi connectivity index (χ3v) is 1.91. The van der Waals surface area contributed by atoms with E-state index in [-0.39, 0.29) is 0 Å². The zero-order chi connectivity index (χ0) is 7.56. The van der Waals surface area contributed by atoms with Gasteiger partial charge < -0.3 is 0 Å². The summed E-state index contributed by atoms with van der Waals surface area (Å²) in [6.45, 7) is 0. The highest BCUT2D eigenvalue weighted by molar-refractivity contribution is 9.11. The second kappa shape index (κ2) is 3.28. The van der Waals surface area contributed by atoms with Crippen molar-refractivity contribution >= 4 is 15.9 Å². The van der Waals surface area contributed by atoms with Gasteiger partial charge in [0, 0.05) is 10.4 Å². The molecule has 0 aromatic carbocycles. The van der Waals surface area contributed by atoms with E-state index in [1.165, 1.54) is 0 Å². The van der Waals surface area contributed by atoms with Crippen LogP contribution in [-0.2, 0) is 0 Å². The van der Waals surface area contributed by atoms with E-state index in [9.17, 15) is 8.78 Å². The van der Waals surface area contributed by atoms with Gasteiger partial charge in [-0.05, 0) is 6.42 Å². The Morgan fingerprint density at radius 2 is 2.30 bits per heavy atom. The van der Waals surface area contributed by atoms with Crippen LogP contribution in [0.5, 0.6) is 0 Å². The first-order valence-electron chi connectivity index (χ1n) is 3.02. The molecule has 0 fully saturated rings. The molecule has 0 radical (unpaired) electrons. The van der Waals surface area contributed by atoms with Crippen LogP contribution in [-0.4, -0.2) is 6.43 Å². The fraction of sp³-hybridized carbons (Fsp3) is 0.429. The molecule has 0 bridgehead atoms. The van der Waals surface area contributed by atoms with Gasteiger partial charge in [-0.3, -0.25) is 0 Å². The normalized spacial score (nSPS) is 25.2. The van der Waals surface area contributed by atoms with Crippen molar-refractivity contribution in [2.45, 2.75) is 12.8 Å². The maximum Gasteiger partial charge on any atom is 0.245 e. The van der Waals surface area contributed by atoms with E-state index in [1.54, 1.807) is 18.2 Å². The number of rotatable bonds is 1. The summed E-state index contributed by atoms with van der Waals surface area (Å²) in [4.78, 5) is 0. The summed E-state index contributed by atoms with van der Waals surface area (Å²) in [7, 11) is 0. The standard InChI is InChI=1S/C7H7BrF2/c8-6-3-1-2-5(4-6)7(9)10/h1,3-5,7H,2H2. The molecule has 0 aliphatic heterocycles. The van der Waals surface area contributed by atoms with Crippen molar-refractivity contribution in [3.8, 4) is 0 Å². The van der Waals surface area contributed by atoms with Gasteiger partial charge in [-0.2, -0.15) is 0 Å². The molecule has 3 heteroatoms. The predicted molar refractivity (Wildman–Crippen MR) is 40.3 cm³/mol. The van der Waals surface area contributed by atoms with E-state index < -0.39 is 12.3 Å². The predicted octanol–water partition coefficient (Wildman–Crippen LogP) is 3.11. The van der Waals surface area contributed by atoms with Crippen LogP contribution in [0.1, 0.15) is 6.42 Å². The Morgan fingerprint density at radius 1 is 1.60 bits per heavy atom. The molecule has 0 spiro atoms. The SMILES string of the molecule is FC(F)C1C=C(Br)C=CC1. The molecule has 10 heavy (non-hydrogen) atoms. The maximum atomic E-state index is 12.0. The molecule has 1 rings (SSSR count). The Hall–Kier alpha value is -0.180. The van der Waals surface area contributed by atoms with Gasteiger partial charge in [0.1, 0.15) is 0 Å². The number of alkyl halides is 2. The van der Waals surface area contributed by atoms with Crippen molar-refractivity contribution < 1.29 is 8.78 Å². The Labute approximate surface area is 66.7 Å². The second-order valence-corrected chi connectivity index (χ2v) is 3.10. The molecular formula is C7H7BrF2. The third-order valence-electron chi connectivity index (χ3n) is 1.38. The minimum atomic E-state index is -2.24. The second-order valence-electron chi connectivity index (χ2n) is 2.19. The van der Waals surface area contributed by atoms with Crippen LogP contribution >= 0.6 is 15.9 Å². The minimum Gasteiger partial charge on any atom is -0.210 e. The van der Waals surface area contributed by atoms with Crippen LogP contribution in [0.25, 0.3) is 0 Å². The molecule has 1 atom stereocenters. The van der Waals surface area contributed by atoms with E-state index in [2.05, 4.69) is 15.9 Å². The molecule has 1 aliphatic carbocycles. The van der Waals surface area contributed by atoms with Crippen molar-refractivity contribution in [2.75, 3.05) is 0 Å². The van der Waals surface area contributed by atoms with Gasteiger partial charge in [-0.25, -0.2) is 8.78 Å². The highest BCUT2D eigenvalue weighted by atomic mass is 79.9. The van der Waals surface area contributed by atoms with Crippen LogP contribution in [0.15, 0.2) is 22.7 Å². The van der Waals surface area contributed by atoms with Crippen molar-refractivity contribution in [2.24, 2.45) is 5.92 Å². The summed E-state index contributed by atoms with van der Waals surface area (Å²) in [5, 5.41) is 0. The Bertz CT molecular complexity index is 172. The molecule has 0 amide bonds. The first-order valence-corrected chi connectivity index (χ1v) is 3.81. The Kier molecular flexibility index (Phi) is 2.60. The lowest BCUT2D eigenvalue weighted by molar-refractivity contribution is 0.101. The average Bonchev–Trinajstić information content (AvgIpc) is 1.88. The third kappa shape index (κ3) is 1.90. The van der Waals surface area contributed by atoms with E-state index in [4.69, 9.17) is 0 Å². The quantitative estimate of drug-likeness (QED) is 0.622. The molecule has 0 heterocycles. The lowest BCUT2D eigenvalue weighted by atomic mass is 10.0. The fourth-order valence-corrected chi connectivity index (χ4v) is 1.37. The first-order chi connectivity index (χ1) is 4.70. The van der Waals surface area contributed by atoms with Crippen molar-refractivity contribution in [3.63, 3.8) is 0 Å². The van der Waals surface area contributed by atoms with Crippen LogP contribution in [0.3, 0.4) is 0 Å². The van der Waals surface area contributed by atoms with Crippen LogP contribution in [0.2, 0.25) is 0 Å². The van der Waals surface area contributed by atoms with Crippen LogP contribution in [0, 0.1) is 5.92 Å². The molecule has 1 aliphatic rings. The maximum absolute atomic E-state index is 12.0. The summed E-state index contributed by atoms with van der Waals surface area (Å²) >= 11 is 3.14. The monoisotopic (exact) mass is 208 g/mol. The molecule has 0 saturated carbocycles. The summed E-state index contributed by atoms with van der Waals surface area (Å²) in [6.07, 6.45) is 3.30. The molecule has 0 saturated heterocycles. The van der Waals surface area contributed by atoms with Gasteiger partial charge in [0.15, 0.2) is 0 Å². The highest BCUT2D eigenvalue weighted by Gasteiger charge is 2.18. The molecular weight excluding hydrogens is 202 g/mol. The van der Waals surface area contributed by atoms with Gasteiger partial charge in [0.2, 0.25) is 6.43 Å². The van der Waals surface area contributed by atoms with Gasteiger partial charge in [-0.1, -0.05) is 34.2 Å². The molecule has 0 N–H and O–H groups in total. The summed E-state index contributed by atoms with van der Waals surface area (Å²) in [5.41, 5.74) is 0. The van der Waals surface area contributed by atoms with Crippen molar-refractivity contribution in [3.05, 3.63) is 22.7 Å². The largest absolute Gasteiger partial charge is 0.245 e. The molecule has 0 nitrogen and oxygen atoms in total. The van der Waals surface area contributed by atoms with E-state index in [0.717, 1.165) is 4.48 Å². The first kappa shape index (κ1) is 7.92. The zero-order valence-electron chi connectivity index (χ0n) is 5.23. The van der Waals surface area contributed by atoms with Gasteiger partial charge >= 0.3 is 0 Å². The Balaban J connectivity index is 2.60. The van der Waals surface area contributed by atoms with Crippen LogP contribution < -0.4 is 0 Å². The van der Waals surface area contributed by atoms with Gasteiger partial charge in [-0.15, -0.1) is 0 Å². The van der Waals surface area contributed by atoms with Crippen molar-refractivity contribution in [1.29, 1.82) is 0 Å². The fourth-order valence-electron chi connectivity index (χ4n) is 0.841. The molecule has 0 aromatic heterocycles. The molecule has 0 aromatic rings. The van der Waals surface area contributed by atoms with Crippen molar-refractivity contribution in [1.82, 2.24) is 0 Å². The topological polar surface area (TPSA) is 0 Å². The summed E-state index contributed by atoms with van der Waals surface area (Å²) < 4.78 is 24.7. The number of hydrogen-bond donors (Lipinski definition) is 0. The van der Waals surface area contributed by atoms with Gasteiger partial charge in [0.25, 0.3) is 0 Å². The average molecular weight is 209 g/mol. The number of hydrogen-bond acceptors (Lipinski definition) is 0. The lowest BCUT2D eigenvalue weighted by Crippen LogP contribution is -2.09. The molecule has 1 unspecified atom stereocenters. The summed E-state index contributed by atoms with van der Waals surface area (Å²) in [6, 6.07) is 0.